The summed E-state index contributed by atoms with van der Waals surface area (Å²) in [5, 5.41) is 9.87. The number of imidazole rings is 1. The number of aromatic nitrogens is 5. The SMILES string of the molecule is CC(C)c1ccc(Nc2nc(NCCc3cnc[nH]3)nc(NCc3ccccc3)n2)cc1. The van der Waals surface area contributed by atoms with Crippen molar-refractivity contribution < 1.29 is 0 Å². The molecule has 2 heterocycles. The van der Waals surface area contributed by atoms with Gasteiger partial charge >= 0.3 is 0 Å². The number of hydrogen-bond donors (Lipinski definition) is 4. The quantitative estimate of drug-likeness (QED) is 0.289. The van der Waals surface area contributed by atoms with Gasteiger partial charge in [0.05, 0.1) is 6.33 Å². The van der Waals surface area contributed by atoms with Gasteiger partial charge in [0, 0.05) is 37.1 Å². The van der Waals surface area contributed by atoms with E-state index in [0.717, 1.165) is 23.4 Å². The maximum Gasteiger partial charge on any atom is 0.233 e. The summed E-state index contributed by atoms with van der Waals surface area (Å²) < 4.78 is 0. The highest BCUT2D eigenvalue weighted by molar-refractivity contribution is 5.56. The molecule has 32 heavy (non-hydrogen) atoms. The molecule has 0 bridgehead atoms. The average Bonchev–Trinajstić information content (AvgIpc) is 3.32. The number of aromatic amines is 1. The summed E-state index contributed by atoms with van der Waals surface area (Å²) in [6, 6.07) is 18.5. The van der Waals surface area contributed by atoms with Crippen LogP contribution in [-0.4, -0.2) is 31.5 Å². The normalized spacial score (nSPS) is 10.8. The number of nitrogens with one attached hydrogen (secondary N) is 4. The minimum atomic E-state index is 0.483. The number of anilines is 4. The second kappa shape index (κ2) is 10.4. The fraction of sp³-hybridized carbons (Fsp3) is 0.250. The van der Waals surface area contributed by atoms with E-state index in [1.54, 1.807) is 6.33 Å². The standard InChI is InChI=1S/C24H28N8/c1-17(2)19-8-10-20(11-9-19)29-24-31-22(26-13-12-21-15-25-16-28-21)30-23(32-24)27-14-18-6-4-3-5-7-18/h3-11,15-17H,12-14H2,1-2H3,(H,25,28)(H3,26,27,29,30,31,32). The highest BCUT2D eigenvalue weighted by atomic mass is 15.3. The van der Waals surface area contributed by atoms with E-state index >= 15 is 0 Å². The Morgan fingerprint density at radius 1 is 0.844 bits per heavy atom. The number of benzene rings is 2. The van der Waals surface area contributed by atoms with Crippen LogP contribution in [0.3, 0.4) is 0 Å². The number of nitrogens with zero attached hydrogens (tertiary/aromatic N) is 4. The summed E-state index contributed by atoms with van der Waals surface area (Å²) in [6.07, 6.45) is 4.28. The van der Waals surface area contributed by atoms with E-state index in [-0.39, 0.29) is 0 Å². The molecule has 2 aromatic carbocycles. The zero-order valence-electron chi connectivity index (χ0n) is 18.3. The third kappa shape index (κ3) is 6.04. The van der Waals surface area contributed by atoms with Crippen molar-refractivity contribution in [3.63, 3.8) is 0 Å². The van der Waals surface area contributed by atoms with E-state index < -0.39 is 0 Å². The van der Waals surface area contributed by atoms with Gasteiger partial charge in [-0.15, -0.1) is 0 Å². The van der Waals surface area contributed by atoms with E-state index in [4.69, 9.17) is 0 Å². The summed E-state index contributed by atoms with van der Waals surface area (Å²) in [5.74, 6) is 1.99. The second-order valence-electron chi connectivity index (χ2n) is 7.80. The number of hydrogen-bond acceptors (Lipinski definition) is 7. The van der Waals surface area contributed by atoms with Crippen molar-refractivity contribution in [1.82, 2.24) is 24.9 Å². The minimum Gasteiger partial charge on any atom is -0.354 e. The average molecular weight is 429 g/mol. The van der Waals surface area contributed by atoms with E-state index in [1.807, 2.05) is 36.5 Å². The molecule has 8 nitrogen and oxygen atoms in total. The van der Waals surface area contributed by atoms with Crippen LogP contribution in [0, 0.1) is 0 Å². The fourth-order valence-electron chi connectivity index (χ4n) is 3.18. The van der Waals surface area contributed by atoms with E-state index in [9.17, 15) is 0 Å². The molecule has 0 unspecified atom stereocenters. The van der Waals surface area contributed by atoms with E-state index in [2.05, 4.69) is 79.0 Å². The van der Waals surface area contributed by atoms with Gasteiger partial charge < -0.3 is 20.9 Å². The van der Waals surface area contributed by atoms with Crippen LogP contribution in [0.15, 0.2) is 67.1 Å². The summed E-state index contributed by atoms with van der Waals surface area (Å²) >= 11 is 0. The fourth-order valence-corrected chi connectivity index (χ4v) is 3.18. The van der Waals surface area contributed by atoms with Gasteiger partial charge in [0.15, 0.2) is 0 Å². The van der Waals surface area contributed by atoms with Crippen LogP contribution in [0.1, 0.15) is 36.6 Å². The minimum absolute atomic E-state index is 0.483. The molecule has 8 heteroatoms. The Balaban J connectivity index is 1.48. The first-order valence-corrected chi connectivity index (χ1v) is 10.8. The Kier molecular flexibility index (Phi) is 6.91. The molecule has 4 N–H and O–H groups in total. The van der Waals surface area contributed by atoms with Gasteiger partial charge in [-0.1, -0.05) is 56.3 Å². The lowest BCUT2D eigenvalue weighted by atomic mass is 10.0. The van der Waals surface area contributed by atoms with Crippen LogP contribution in [0.4, 0.5) is 23.5 Å². The van der Waals surface area contributed by atoms with Crippen LogP contribution in [0.25, 0.3) is 0 Å². The van der Waals surface area contributed by atoms with E-state index in [1.165, 1.54) is 5.56 Å². The molecular weight excluding hydrogens is 400 g/mol. The number of rotatable bonds is 10. The Labute approximate surface area is 188 Å². The number of H-pyrrole nitrogens is 1. The Hall–Kier alpha value is -3.94. The van der Waals surface area contributed by atoms with Crippen LogP contribution in [-0.2, 0) is 13.0 Å². The molecule has 0 saturated carbocycles. The monoisotopic (exact) mass is 428 g/mol. The maximum absolute atomic E-state index is 4.56. The van der Waals surface area contributed by atoms with Gasteiger partial charge in [0.2, 0.25) is 17.8 Å². The van der Waals surface area contributed by atoms with Crippen molar-refractivity contribution >= 4 is 23.5 Å². The first-order chi connectivity index (χ1) is 15.7. The highest BCUT2D eigenvalue weighted by Gasteiger charge is 2.08. The van der Waals surface area contributed by atoms with Crippen molar-refractivity contribution in [2.24, 2.45) is 0 Å². The highest BCUT2D eigenvalue weighted by Crippen LogP contribution is 2.20. The topological polar surface area (TPSA) is 103 Å². The molecule has 0 spiro atoms. The zero-order valence-corrected chi connectivity index (χ0v) is 18.3. The van der Waals surface area contributed by atoms with Crippen molar-refractivity contribution in [3.8, 4) is 0 Å². The Morgan fingerprint density at radius 2 is 1.56 bits per heavy atom. The molecule has 0 saturated heterocycles. The largest absolute Gasteiger partial charge is 0.354 e. The van der Waals surface area contributed by atoms with Gasteiger partial charge in [-0.2, -0.15) is 15.0 Å². The van der Waals surface area contributed by atoms with Crippen molar-refractivity contribution in [1.29, 1.82) is 0 Å². The molecule has 0 aliphatic carbocycles. The predicted octanol–water partition coefficient (Wildman–Crippen LogP) is 4.73. The molecular formula is C24H28N8. The lowest BCUT2D eigenvalue weighted by molar-refractivity contribution is 0.867. The van der Waals surface area contributed by atoms with Crippen LogP contribution in [0.5, 0.6) is 0 Å². The van der Waals surface area contributed by atoms with Crippen molar-refractivity contribution in [2.75, 3.05) is 22.5 Å². The predicted molar refractivity (Wildman–Crippen MR) is 128 cm³/mol. The van der Waals surface area contributed by atoms with Gasteiger partial charge in [0.1, 0.15) is 0 Å². The lowest BCUT2D eigenvalue weighted by Crippen LogP contribution is -2.13. The third-order valence-electron chi connectivity index (χ3n) is 4.99. The van der Waals surface area contributed by atoms with E-state index in [0.29, 0.717) is 36.9 Å². The Bertz CT molecular complexity index is 1090. The first kappa shape index (κ1) is 21.3. The molecule has 4 aromatic rings. The molecule has 0 aliphatic heterocycles. The molecule has 4 rings (SSSR count). The van der Waals surface area contributed by atoms with Gasteiger partial charge in [-0.3, -0.25) is 0 Å². The second-order valence-corrected chi connectivity index (χ2v) is 7.80. The third-order valence-corrected chi connectivity index (χ3v) is 4.99. The molecule has 0 radical (unpaired) electrons. The molecule has 0 amide bonds. The molecule has 0 fully saturated rings. The molecule has 164 valence electrons. The summed E-state index contributed by atoms with van der Waals surface area (Å²) in [7, 11) is 0. The van der Waals surface area contributed by atoms with Gasteiger partial charge in [-0.05, 0) is 29.2 Å². The lowest BCUT2D eigenvalue weighted by Gasteiger charge is -2.12. The van der Waals surface area contributed by atoms with Gasteiger partial charge in [-0.25, -0.2) is 4.98 Å². The summed E-state index contributed by atoms with van der Waals surface area (Å²) in [5.41, 5.74) is 4.42. The molecule has 0 aliphatic rings. The molecule has 0 atom stereocenters. The Morgan fingerprint density at radius 3 is 2.25 bits per heavy atom. The van der Waals surface area contributed by atoms with Crippen LogP contribution in [0.2, 0.25) is 0 Å². The smallest absolute Gasteiger partial charge is 0.233 e. The van der Waals surface area contributed by atoms with Gasteiger partial charge in [0.25, 0.3) is 0 Å². The summed E-state index contributed by atoms with van der Waals surface area (Å²) in [6.45, 7) is 5.66. The van der Waals surface area contributed by atoms with Crippen LogP contribution >= 0.6 is 0 Å². The molecule has 2 aromatic heterocycles. The first-order valence-electron chi connectivity index (χ1n) is 10.8. The summed E-state index contributed by atoms with van der Waals surface area (Å²) in [4.78, 5) is 20.8. The zero-order chi connectivity index (χ0) is 22.2. The van der Waals surface area contributed by atoms with Crippen molar-refractivity contribution in [2.45, 2.75) is 32.7 Å². The van der Waals surface area contributed by atoms with Crippen LogP contribution < -0.4 is 16.0 Å². The van der Waals surface area contributed by atoms with Crippen molar-refractivity contribution in [3.05, 3.63) is 83.9 Å². The maximum atomic E-state index is 4.56.